The lowest BCUT2D eigenvalue weighted by molar-refractivity contribution is -0.119. The average molecular weight is 483 g/mol. The van der Waals surface area contributed by atoms with Gasteiger partial charge in [-0.05, 0) is 59.0 Å². The monoisotopic (exact) mass is 482 g/mol. The summed E-state index contributed by atoms with van der Waals surface area (Å²) in [6, 6.07) is 27.3. The Kier molecular flexibility index (Phi) is 6.64. The van der Waals surface area contributed by atoms with Gasteiger partial charge in [-0.25, -0.2) is 0 Å². The Morgan fingerprint density at radius 1 is 0.829 bits per heavy atom. The highest BCUT2D eigenvalue weighted by Gasteiger charge is 2.33. The molecule has 0 saturated heterocycles. The van der Waals surface area contributed by atoms with Gasteiger partial charge in [0.25, 0.3) is 5.91 Å². The minimum absolute atomic E-state index is 0.00664. The van der Waals surface area contributed by atoms with Crippen LogP contribution in [0.2, 0.25) is 0 Å². The molecule has 0 bridgehead atoms. The van der Waals surface area contributed by atoms with Crippen molar-refractivity contribution in [3.63, 3.8) is 0 Å². The highest BCUT2D eigenvalue weighted by Crippen LogP contribution is 2.35. The van der Waals surface area contributed by atoms with Crippen molar-refractivity contribution in [2.45, 2.75) is 19.0 Å². The Bertz CT molecular complexity index is 1330. The fourth-order valence-electron chi connectivity index (χ4n) is 4.26. The van der Waals surface area contributed by atoms with E-state index in [4.69, 9.17) is 14.5 Å². The van der Waals surface area contributed by atoms with Crippen LogP contribution in [0.5, 0.6) is 11.5 Å². The topological polar surface area (TPSA) is 51.1 Å². The van der Waals surface area contributed by atoms with Gasteiger partial charge in [0.15, 0.2) is 0 Å². The van der Waals surface area contributed by atoms with Crippen molar-refractivity contribution in [2.24, 2.45) is 4.99 Å². The molecule has 176 valence electrons. The quantitative estimate of drug-likeness (QED) is 0.336. The molecule has 0 saturated carbocycles. The van der Waals surface area contributed by atoms with Gasteiger partial charge in [-0.2, -0.15) is 0 Å². The molecule has 6 heteroatoms. The van der Waals surface area contributed by atoms with E-state index in [0.29, 0.717) is 13.0 Å². The van der Waals surface area contributed by atoms with Crippen molar-refractivity contribution in [3.05, 3.63) is 112 Å². The molecule has 0 fully saturated rings. The number of methoxy groups -OCH3 is 2. The van der Waals surface area contributed by atoms with Gasteiger partial charge in [0.2, 0.25) is 0 Å². The molecule has 1 aromatic heterocycles. The maximum Gasteiger partial charge on any atom is 0.252 e. The first-order chi connectivity index (χ1) is 17.2. The summed E-state index contributed by atoms with van der Waals surface area (Å²) in [5.74, 6) is 1.57. The Morgan fingerprint density at radius 3 is 2.14 bits per heavy atom. The molecule has 5 nitrogen and oxygen atoms in total. The van der Waals surface area contributed by atoms with Gasteiger partial charge in [0, 0.05) is 12.0 Å². The number of hydrogen-bond acceptors (Lipinski definition) is 5. The second-order valence-electron chi connectivity index (χ2n) is 8.32. The molecule has 1 aliphatic heterocycles. The second kappa shape index (κ2) is 10.2. The van der Waals surface area contributed by atoms with Crippen LogP contribution in [-0.2, 0) is 17.8 Å². The highest BCUT2D eigenvalue weighted by atomic mass is 32.1. The Hall–Kier alpha value is -3.90. The summed E-state index contributed by atoms with van der Waals surface area (Å²) in [4.78, 5) is 21.9. The molecule has 5 rings (SSSR count). The molecule has 3 aromatic carbocycles. The van der Waals surface area contributed by atoms with Crippen LogP contribution in [0.4, 0.5) is 5.69 Å². The Labute approximate surface area is 209 Å². The lowest BCUT2D eigenvalue weighted by Gasteiger charge is -2.24. The lowest BCUT2D eigenvalue weighted by atomic mass is 10.0. The Morgan fingerprint density at radius 2 is 1.49 bits per heavy atom. The van der Waals surface area contributed by atoms with Crippen LogP contribution in [0, 0.1) is 0 Å². The van der Waals surface area contributed by atoms with E-state index < -0.39 is 6.04 Å². The molecule has 1 aliphatic rings. The van der Waals surface area contributed by atoms with E-state index in [2.05, 4.69) is 0 Å². The standard InChI is InChI=1S/C29H26N2O3S/c1-33-23-12-8-21(9-13-23)19-31-26-16-17-35-28(26)27(22-10-14-24(34-2)15-11-22)30-25(29(31)32)18-20-6-4-3-5-7-20/h3-17,25H,18-19H2,1-2H3/t25-/m0/s1. The summed E-state index contributed by atoms with van der Waals surface area (Å²) in [7, 11) is 3.30. The zero-order chi connectivity index (χ0) is 24.2. The SMILES string of the molecule is COc1ccc(CN2C(=O)[C@H](Cc3ccccc3)N=C(c3ccc(OC)cc3)c3sccc32)cc1. The fourth-order valence-corrected chi connectivity index (χ4v) is 5.18. The maximum absolute atomic E-state index is 14.0. The zero-order valence-corrected chi connectivity index (χ0v) is 20.5. The number of anilines is 1. The van der Waals surface area contributed by atoms with Crippen LogP contribution in [0.3, 0.4) is 0 Å². The molecule has 1 amide bonds. The van der Waals surface area contributed by atoms with Gasteiger partial charge < -0.3 is 14.4 Å². The number of carbonyl (C=O) groups excluding carboxylic acids is 1. The number of ether oxygens (including phenoxy) is 2. The molecule has 0 unspecified atom stereocenters. The van der Waals surface area contributed by atoms with Gasteiger partial charge in [-0.3, -0.25) is 9.79 Å². The van der Waals surface area contributed by atoms with Crippen molar-refractivity contribution in [2.75, 3.05) is 19.1 Å². The minimum atomic E-state index is -0.535. The van der Waals surface area contributed by atoms with Gasteiger partial charge in [0.05, 0.1) is 37.0 Å². The van der Waals surface area contributed by atoms with Crippen LogP contribution in [0.15, 0.2) is 95.3 Å². The van der Waals surface area contributed by atoms with E-state index in [-0.39, 0.29) is 5.91 Å². The molecule has 0 N–H and O–H groups in total. The van der Waals surface area contributed by atoms with Crippen molar-refractivity contribution < 1.29 is 14.3 Å². The first-order valence-corrected chi connectivity index (χ1v) is 12.3. The molecule has 0 radical (unpaired) electrons. The number of thiophene rings is 1. The molecule has 0 aliphatic carbocycles. The third-order valence-electron chi connectivity index (χ3n) is 6.12. The maximum atomic E-state index is 14.0. The van der Waals surface area contributed by atoms with E-state index in [1.807, 2.05) is 95.2 Å². The molecule has 2 heterocycles. The fraction of sp³-hybridized carbons (Fsp3) is 0.172. The molecule has 1 atom stereocenters. The minimum Gasteiger partial charge on any atom is -0.497 e. The van der Waals surface area contributed by atoms with E-state index in [1.165, 1.54) is 0 Å². The number of nitrogens with zero attached hydrogens (tertiary/aromatic N) is 2. The number of aliphatic imine (C=N–C) groups is 1. The highest BCUT2D eigenvalue weighted by molar-refractivity contribution is 7.13. The van der Waals surface area contributed by atoms with Crippen LogP contribution in [-0.4, -0.2) is 31.9 Å². The number of carbonyl (C=O) groups is 1. The first-order valence-electron chi connectivity index (χ1n) is 11.4. The summed E-state index contributed by atoms with van der Waals surface area (Å²) in [5.41, 5.74) is 4.80. The predicted octanol–water partition coefficient (Wildman–Crippen LogP) is 5.76. The summed E-state index contributed by atoms with van der Waals surface area (Å²) >= 11 is 1.61. The number of rotatable bonds is 7. The van der Waals surface area contributed by atoms with E-state index in [9.17, 15) is 4.79 Å². The molecular weight excluding hydrogens is 456 g/mol. The third kappa shape index (κ3) is 4.84. The van der Waals surface area contributed by atoms with Crippen molar-refractivity contribution in [3.8, 4) is 11.5 Å². The van der Waals surface area contributed by atoms with Gasteiger partial charge in [-0.1, -0.05) is 42.5 Å². The molecular formula is C29H26N2O3S. The molecule has 35 heavy (non-hydrogen) atoms. The number of benzene rings is 3. The van der Waals surface area contributed by atoms with E-state index in [1.54, 1.807) is 25.6 Å². The predicted molar refractivity (Wildman–Crippen MR) is 141 cm³/mol. The smallest absolute Gasteiger partial charge is 0.252 e. The lowest BCUT2D eigenvalue weighted by Crippen LogP contribution is -2.38. The average Bonchev–Trinajstić information content (AvgIpc) is 3.36. The van der Waals surface area contributed by atoms with Crippen molar-refractivity contribution in [1.29, 1.82) is 0 Å². The summed E-state index contributed by atoms with van der Waals surface area (Å²) < 4.78 is 10.6. The van der Waals surface area contributed by atoms with Gasteiger partial charge >= 0.3 is 0 Å². The van der Waals surface area contributed by atoms with E-state index in [0.717, 1.165) is 44.5 Å². The van der Waals surface area contributed by atoms with Crippen LogP contribution >= 0.6 is 11.3 Å². The van der Waals surface area contributed by atoms with Crippen molar-refractivity contribution >= 4 is 28.6 Å². The normalized spacial score (nSPS) is 15.3. The number of hydrogen-bond donors (Lipinski definition) is 0. The summed E-state index contributed by atoms with van der Waals surface area (Å²) in [5, 5.41) is 2.02. The summed E-state index contributed by atoms with van der Waals surface area (Å²) in [6.45, 7) is 0.462. The zero-order valence-electron chi connectivity index (χ0n) is 19.7. The van der Waals surface area contributed by atoms with Gasteiger partial charge in [-0.15, -0.1) is 11.3 Å². The Balaban J connectivity index is 1.58. The van der Waals surface area contributed by atoms with Gasteiger partial charge in [0.1, 0.15) is 17.5 Å². The largest absolute Gasteiger partial charge is 0.497 e. The van der Waals surface area contributed by atoms with E-state index >= 15 is 0 Å². The first kappa shape index (κ1) is 22.9. The van der Waals surface area contributed by atoms with Crippen LogP contribution in [0.25, 0.3) is 0 Å². The van der Waals surface area contributed by atoms with Crippen LogP contribution in [0.1, 0.15) is 21.6 Å². The van der Waals surface area contributed by atoms with Crippen LogP contribution < -0.4 is 14.4 Å². The number of amides is 1. The molecule has 0 spiro atoms. The third-order valence-corrected chi connectivity index (χ3v) is 7.03. The molecule has 4 aromatic rings. The summed E-state index contributed by atoms with van der Waals surface area (Å²) in [6.07, 6.45) is 0.535. The second-order valence-corrected chi connectivity index (χ2v) is 9.24. The van der Waals surface area contributed by atoms with Crippen molar-refractivity contribution in [1.82, 2.24) is 0 Å². The number of fused-ring (bicyclic) bond motifs is 1.